The van der Waals surface area contributed by atoms with Crippen LogP contribution in [0.4, 0.5) is 0 Å². The van der Waals surface area contributed by atoms with E-state index >= 15 is 0 Å². The van der Waals surface area contributed by atoms with E-state index in [9.17, 15) is 13.2 Å². The molecule has 0 bridgehead atoms. The van der Waals surface area contributed by atoms with Crippen LogP contribution in [0, 0.1) is 19.8 Å². The lowest BCUT2D eigenvalue weighted by atomic mass is 9.99. The molecule has 3 aromatic rings. The minimum absolute atomic E-state index is 0.0440. The molecule has 9 heteroatoms. The van der Waals surface area contributed by atoms with Gasteiger partial charge in [-0.15, -0.1) is 0 Å². The van der Waals surface area contributed by atoms with Crippen molar-refractivity contribution in [1.29, 1.82) is 0 Å². The van der Waals surface area contributed by atoms with E-state index in [1.165, 1.54) is 4.31 Å². The van der Waals surface area contributed by atoms with E-state index in [2.05, 4.69) is 10.5 Å². The number of carbonyl (C=O) groups is 1. The minimum atomic E-state index is -3.89. The number of benzene rings is 1. The summed E-state index contributed by atoms with van der Waals surface area (Å²) < 4.78 is 38.9. The van der Waals surface area contributed by atoms with E-state index in [1.54, 1.807) is 37.5 Å². The van der Waals surface area contributed by atoms with Gasteiger partial charge in [-0.2, -0.15) is 4.31 Å². The Balaban J connectivity index is 1.50. The highest BCUT2D eigenvalue weighted by molar-refractivity contribution is 7.89. The number of hydrogen-bond acceptors (Lipinski definition) is 6. The van der Waals surface area contributed by atoms with Crippen LogP contribution in [-0.2, 0) is 21.4 Å². The summed E-state index contributed by atoms with van der Waals surface area (Å²) in [4.78, 5) is 12.7. The van der Waals surface area contributed by atoms with Crippen LogP contribution in [-0.4, -0.2) is 36.9 Å². The zero-order chi connectivity index (χ0) is 23.4. The fourth-order valence-corrected chi connectivity index (χ4v) is 5.66. The average molecular weight is 470 g/mol. The molecule has 1 N–H and O–H groups in total. The van der Waals surface area contributed by atoms with Crippen molar-refractivity contribution in [1.82, 2.24) is 14.8 Å². The number of nitrogens with one attached hydrogen (secondary N) is 1. The van der Waals surface area contributed by atoms with Crippen LogP contribution in [0.1, 0.15) is 41.2 Å². The van der Waals surface area contributed by atoms with Crippen molar-refractivity contribution in [2.45, 2.75) is 38.1 Å². The van der Waals surface area contributed by atoms with Crippen LogP contribution in [0.25, 0.3) is 12.2 Å². The first kappa shape index (κ1) is 23.0. The highest BCUT2D eigenvalue weighted by Crippen LogP contribution is 2.29. The normalized spacial score (nSPS) is 17.5. The highest BCUT2D eigenvalue weighted by atomic mass is 32.2. The number of piperidine rings is 1. The van der Waals surface area contributed by atoms with Gasteiger partial charge in [0.2, 0.25) is 15.9 Å². The Morgan fingerprint density at radius 1 is 1.21 bits per heavy atom. The van der Waals surface area contributed by atoms with Crippen molar-refractivity contribution < 1.29 is 22.2 Å². The van der Waals surface area contributed by atoms with Crippen molar-refractivity contribution in [2.75, 3.05) is 13.1 Å². The maximum atomic E-state index is 13.5. The van der Waals surface area contributed by atoms with Gasteiger partial charge in [0.05, 0.1) is 18.7 Å². The maximum absolute atomic E-state index is 13.5. The minimum Gasteiger partial charge on any atom is -0.467 e. The summed E-state index contributed by atoms with van der Waals surface area (Å²) in [6.45, 7) is 4.33. The van der Waals surface area contributed by atoms with Gasteiger partial charge < -0.3 is 14.3 Å². The molecule has 0 radical (unpaired) electrons. The summed E-state index contributed by atoms with van der Waals surface area (Å²) in [5.41, 5.74) is 2.35. The molecule has 1 fully saturated rings. The summed E-state index contributed by atoms with van der Waals surface area (Å²) in [7, 11) is -3.89. The first-order valence-corrected chi connectivity index (χ1v) is 12.3. The molecule has 1 aliphatic heterocycles. The van der Waals surface area contributed by atoms with E-state index in [0.717, 1.165) is 11.1 Å². The van der Waals surface area contributed by atoms with E-state index < -0.39 is 15.9 Å². The predicted molar refractivity (Wildman–Crippen MR) is 123 cm³/mol. The molecule has 0 unspecified atom stereocenters. The molecule has 1 aliphatic rings. The fourth-order valence-electron chi connectivity index (χ4n) is 3.88. The average Bonchev–Trinajstić information content (AvgIpc) is 3.47. The number of aromatic nitrogens is 1. The predicted octanol–water partition coefficient (Wildman–Crippen LogP) is 3.77. The number of rotatable bonds is 7. The molecule has 4 rings (SSSR count). The number of nitrogens with zero attached hydrogens (tertiary/aromatic N) is 2. The third-order valence-corrected chi connectivity index (χ3v) is 7.73. The van der Waals surface area contributed by atoms with Crippen molar-refractivity contribution in [3.8, 4) is 0 Å². The number of sulfonamides is 1. The number of hydrogen-bond donors (Lipinski definition) is 1. The Kier molecular flexibility index (Phi) is 6.80. The van der Waals surface area contributed by atoms with Gasteiger partial charge in [0.25, 0.3) is 0 Å². The number of furan rings is 1. The molecular weight excluding hydrogens is 442 g/mol. The zero-order valence-corrected chi connectivity index (χ0v) is 19.5. The van der Waals surface area contributed by atoms with Gasteiger partial charge in [-0.05, 0) is 50.5 Å². The van der Waals surface area contributed by atoms with Gasteiger partial charge in [-0.1, -0.05) is 41.1 Å². The molecule has 1 atom stereocenters. The van der Waals surface area contributed by atoms with Crippen LogP contribution in [0.2, 0.25) is 0 Å². The third kappa shape index (κ3) is 5.26. The molecule has 0 spiro atoms. The highest BCUT2D eigenvalue weighted by Gasteiger charge is 2.36. The van der Waals surface area contributed by atoms with Crippen molar-refractivity contribution >= 4 is 28.1 Å². The smallest absolute Gasteiger partial charge is 0.248 e. The standard InChI is InChI=1S/C24H27N3O5S/c1-17-7-9-19(10-8-17)11-12-22-23(18(2)26-32-22)33(29,30)27-13-3-5-20(16-27)24(28)25-15-21-6-4-14-31-21/h4,6-12,14,20H,3,5,13,15-16H2,1-2H3,(H,25,28)/b12-11+/t20-/m0/s1. The maximum Gasteiger partial charge on any atom is 0.248 e. The lowest BCUT2D eigenvalue weighted by molar-refractivity contribution is -0.126. The molecular formula is C24H27N3O5S. The Labute approximate surface area is 193 Å². The van der Waals surface area contributed by atoms with Gasteiger partial charge >= 0.3 is 0 Å². The number of aryl methyl sites for hydroxylation is 2. The van der Waals surface area contributed by atoms with Gasteiger partial charge in [0.1, 0.15) is 11.5 Å². The molecule has 174 valence electrons. The van der Waals surface area contributed by atoms with E-state index in [0.29, 0.717) is 30.8 Å². The van der Waals surface area contributed by atoms with Gasteiger partial charge in [-0.3, -0.25) is 4.79 Å². The Morgan fingerprint density at radius 3 is 2.73 bits per heavy atom. The quantitative estimate of drug-likeness (QED) is 0.565. The SMILES string of the molecule is Cc1ccc(/C=C/c2onc(C)c2S(=O)(=O)N2CCC[C@H](C(=O)NCc3ccco3)C2)cc1. The molecule has 0 saturated carbocycles. The second kappa shape index (κ2) is 9.76. The first-order chi connectivity index (χ1) is 15.8. The van der Waals surface area contributed by atoms with Crippen LogP contribution in [0.3, 0.4) is 0 Å². The van der Waals surface area contributed by atoms with E-state index in [-0.39, 0.29) is 29.7 Å². The van der Waals surface area contributed by atoms with E-state index in [1.807, 2.05) is 31.2 Å². The monoisotopic (exact) mass is 469 g/mol. The molecule has 3 heterocycles. The number of amides is 1. The summed E-state index contributed by atoms with van der Waals surface area (Å²) in [6.07, 6.45) is 6.17. The van der Waals surface area contributed by atoms with Gasteiger partial charge in [-0.25, -0.2) is 8.42 Å². The topological polar surface area (TPSA) is 106 Å². The Bertz CT molecular complexity index is 1230. The Morgan fingerprint density at radius 2 is 2.00 bits per heavy atom. The largest absolute Gasteiger partial charge is 0.467 e. The fraction of sp³-hybridized carbons (Fsp3) is 0.333. The lowest BCUT2D eigenvalue weighted by Gasteiger charge is -2.31. The third-order valence-electron chi connectivity index (χ3n) is 5.71. The first-order valence-electron chi connectivity index (χ1n) is 10.9. The molecule has 1 aromatic carbocycles. The summed E-state index contributed by atoms with van der Waals surface area (Å²) >= 11 is 0. The summed E-state index contributed by atoms with van der Waals surface area (Å²) in [5, 5.41) is 6.72. The van der Waals surface area contributed by atoms with Crippen LogP contribution in [0.15, 0.2) is 56.5 Å². The lowest BCUT2D eigenvalue weighted by Crippen LogP contribution is -2.45. The van der Waals surface area contributed by atoms with E-state index in [4.69, 9.17) is 8.94 Å². The van der Waals surface area contributed by atoms with Crippen LogP contribution in [0.5, 0.6) is 0 Å². The Hall–Kier alpha value is -3.17. The van der Waals surface area contributed by atoms with Crippen molar-refractivity contribution in [2.24, 2.45) is 5.92 Å². The van der Waals surface area contributed by atoms with Crippen LogP contribution < -0.4 is 5.32 Å². The molecule has 8 nitrogen and oxygen atoms in total. The molecule has 2 aromatic heterocycles. The van der Waals surface area contributed by atoms with Crippen molar-refractivity contribution in [3.05, 3.63) is 71.0 Å². The summed E-state index contributed by atoms with van der Waals surface area (Å²) in [5.74, 6) is 0.203. The van der Waals surface area contributed by atoms with Gasteiger partial charge in [0, 0.05) is 13.1 Å². The molecule has 1 amide bonds. The van der Waals surface area contributed by atoms with Crippen LogP contribution >= 0.6 is 0 Å². The van der Waals surface area contributed by atoms with Gasteiger partial charge in [0.15, 0.2) is 10.7 Å². The number of carbonyl (C=O) groups excluding carboxylic acids is 1. The molecule has 1 saturated heterocycles. The second-order valence-corrected chi connectivity index (χ2v) is 10.1. The zero-order valence-electron chi connectivity index (χ0n) is 18.7. The second-order valence-electron chi connectivity index (χ2n) is 8.20. The van der Waals surface area contributed by atoms with Crippen molar-refractivity contribution in [3.63, 3.8) is 0 Å². The summed E-state index contributed by atoms with van der Waals surface area (Å²) in [6, 6.07) is 11.4. The molecule has 33 heavy (non-hydrogen) atoms. The molecule has 0 aliphatic carbocycles.